The molecule has 6 heteroatoms. The summed E-state index contributed by atoms with van der Waals surface area (Å²) in [6.07, 6.45) is 3.26. The highest BCUT2D eigenvalue weighted by molar-refractivity contribution is 9.10. The lowest BCUT2D eigenvalue weighted by molar-refractivity contribution is -0.119. The molecule has 14 heavy (non-hydrogen) atoms. The Balaban J connectivity index is 2.65. The van der Waals surface area contributed by atoms with Crippen molar-refractivity contribution in [3.8, 4) is 0 Å². The van der Waals surface area contributed by atoms with Gasteiger partial charge in [-0.25, -0.2) is 9.97 Å². The molecule has 0 spiro atoms. The van der Waals surface area contributed by atoms with Gasteiger partial charge in [-0.15, -0.1) is 11.6 Å². The number of aromatic nitrogens is 2. The SMILES string of the molecule is C[C@@H](NC(=O)CCl)c1ncc(Br)cn1. The van der Waals surface area contributed by atoms with Crippen molar-refractivity contribution >= 4 is 33.4 Å². The Hall–Kier alpha value is -0.680. The van der Waals surface area contributed by atoms with Gasteiger partial charge in [0.05, 0.1) is 10.5 Å². The van der Waals surface area contributed by atoms with E-state index in [0.717, 1.165) is 4.47 Å². The van der Waals surface area contributed by atoms with E-state index in [2.05, 4.69) is 31.2 Å². The van der Waals surface area contributed by atoms with Gasteiger partial charge in [-0.05, 0) is 22.9 Å². The summed E-state index contributed by atoms with van der Waals surface area (Å²) in [5.74, 6) is 0.276. The van der Waals surface area contributed by atoms with Gasteiger partial charge in [0.1, 0.15) is 11.7 Å². The molecule has 1 N–H and O–H groups in total. The summed E-state index contributed by atoms with van der Waals surface area (Å²) in [6.45, 7) is 1.80. The molecule has 0 aliphatic heterocycles. The van der Waals surface area contributed by atoms with Crippen LogP contribution in [0.1, 0.15) is 18.8 Å². The van der Waals surface area contributed by atoms with Crippen molar-refractivity contribution in [1.29, 1.82) is 0 Å². The number of hydrogen-bond acceptors (Lipinski definition) is 3. The number of rotatable bonds is 3. The van der Waals surface area contributed by atoms with Crippen LogP contribution in [0.3, 0.4) is 0 Å². The number of carbonyl (C=O) groups excluding carboxylic acids is 1. The van der Waals surface area contributed by atoms with Crippen LogP contribution in [-0.2, 0) is 4.79 Å². The minimum absolute atomic E-state index is 0.0547. The average molecular weight is 279 g/mol. The van der Waals surface area contributed by atoms with Crippen LogP contribution in [0.4, 0.5) is 0 Å². The Morgan fingerprint density at radius 2 is 2.21 bits per heavy atom. The normalized spacial score (nSPS) is 12.2. The highest BCUT2D eigenvalue weighted by Crippen LogP contribution is 2.09. The molecule has 0 aromatic carbocycles. The third-order valence-corrected chi connectivity index (χ3v) is 2.18. The van der Waals surface area contributed by atoms with Crippen LogP contribution in [0.2, 0.25) is 0 Å². The van der Waals surface area contributed by atoms with E-state index in [1.165, 1.54) is 0 Å². The Morgan fingerprint density at radius 3 is 2.71 bits per heavy atom. The maximum absolute atomic E-state index is 11.0. The molecule has 0 saturated carbocycles. The largest absolute Gasteiger partial charge is 0.345 e. The summed E-state index contributed by atoms with van der Waals surface area (Å²) < 4.78 is 0.803. The summed E-state index contributed by atoms with van der Waals surface area (Å²) in [7, 11) is 0. The van der Waals surface area contributed by atoms with Crippen molar-refractivity contribution in [2.24, 2.45) is 0 Å². The second-order valence-electron chi connectivity index (χ2n) is 2.68. The van der Waals surface area contributed by atoms with Gasteiger partial charge in [0, 0.05) is 12.4 Å². The summed E-state index contributed by atoms with van der Waals surface area (Å²) in [5.41, 5.74) is 0. The second kappa shape index (κ2) is 5.26. The average Bonchev–Trinajstić information content (AvgIpc) is 2.18. The molecule has 0 radical (unpaired) electrons. The fourth-order valence-corrected chi connectivity index (χ4v) is 1.17. The zero-order valence-corrected chi connectivity index (χ0v) is 9.84. The third-order valence-electron chi connectivity index (χ3n) is 1.53. The van der Waals surface area contributed by atoms with Crippen molar-refractivity contribution in [2.75, 3.05) is 5.88 Å². The fourth-order valence-electron chi connectivity index (χ4n) is 0.890. The Kier molecular flexibility index (Phi) is 4.28. The van der Waals surface area contributed by atoms with Crippen LogP contribution in [0, 0.1) is 0 Å². The van der Waals surface area contributed by atoms with Crippen LogP contribution in [0.5, 0.6) is 0 Å². The number of carbonyl (C=O) groups is 1. The molecule has 1 aromatic heterocycles. The zero-order chi connectivity index (χ0) is 10.6. The highest BCUT2D eigenvalue weighted by Gasteiger charge is 2.10. The molecule has 76 valence electrons. The lowest BCUT2D eigenvalue weighted by Crippen LogP contribution is -2.28. The van der Waals surface area contributed by atoms with Gasteiger partial charge < -0.3 is 5.32 Å². The maximum Gasteiger partial charge on any atom is 0.235 e. The fraction of sp³-hybridized carbons (Fsp3) is 0.375. The Morgan fingerprint density at radius 1 is 1.64 bits per heavy atom. The number of alkyl halides is 1. The molecule has 4 nitrogen and oxygen atoms in total. The first-order valence-corrected chi connectivity index (χ1v) is 5.29. The number of nitrogens with zero attached hydrogens (tertiary/aromatic N) is 2. The van der Waals surface area contributed by atoms with Crippen molar-refractivity contribution < 1.29 is 4.79 Å². The molecular formula is C8H9BrClN3O. The molecule has 1 rings (SSSR count). The van der Waals surface area contributed by atoms with Crippen molar-refractivity contribution in [2.45, 2.75) is 13.0 Å². The molecule has 1 amide bonds. The molecule has 1 heterocycles. The van der Waals surface area contributed by atoms with E-state index in [-0.39, 0.29) is 17.8 Å². The monoisotopic (exact) mass is 277 g/mol. The molecule has 0 aliphatic carbocycles. The first-order chi connectivity index (χ1) is 6.63. The predicted octanol–water partition coefficient (Wildman–Crippen LogP) is 1.66. The number of hydrogen-bond donors (Lipinski definition) is 1. The molecule has 0 bridgehead atoms. The predicted molar refractivity (Wildman–Crippen MR) is 57.0 cm³/mol. The zero-order valence-electron chi connectivity index (χ0n) is 7.50. The molecule has 0 aliphatic rings. The van der Waals surface area contributed by atoms with Gasteiger partial charge >= 0.3 is 0 Å². The smallest absolute Gasteiger partial charge is 0.235 e. The van der Waals surface area contributed by atoms with Gasteiger partial charge in [0.15, 0.2) is 0 Å². The lowest BCUT2D eigenvalue weighted by atomic mass is 10.3. The van der Waals surface area contributed by atoms with Crippen LogP contribution in [0.25, 0.3) is 0 Å². The Bertz CT molecular complexity index is 317. The molecule has 1 atom stereocenters. The van der Waals surface area contributed by atoms with E-state index in [1.807, 2.05) is 0 Å². The third kappa shape index (κ3) is 3.23. The lowest BCUT2D eigenvalue weighted by Gasteiger charge is -2.10. The van der Waals surface area contributed by atoms with Gasteiger partial charge in [-0.1, -0.05) is 0 Å². The summed E-state index contributed by atoms with van der Waals surface area (Å²) >= 11 is 8.57. The first kappa shape index (κ1) is 11.4. The van der Waals surface area contributed by atoms with Crippen molar-refractivity contribution in [1.82, 2.24) is 15.3 Å². The molecule has 1 aromatic rings. The number of halogens is 2. The van der Waals surface area contributed by atoms with Crippen molar-refractivity contribution in [3.05, 3.63) is 22.7 Å². The Labute approximate surface area is 95.2 Å². The summed E-state index contributed by atoms with van der Waals surface area (Å²) in [4.78, 5) is 19.1. The van der Waals surface area contributed by atoms with Gasteiger partial charge in [0.25, 0.3) is 0 Å². The number of amides is 1. The van der Waals surface area contributed by atoms with Crippen molar-refractivity contribution in [3.63, 3.8) is 0 Å². The molecule has 0 saturated heterocycles. The van der Waals surface area contributed by atoms with Gasteiger partial charge in [-0.3, -0.25) is 4.79 Å². The standard InChI is InChI=1S/C8H9BrClN3O/c1-5(13-7(14)2-10)8-11-3-6(9)4-12-8/h3-5H,2H2,1H3,(H,13,14)/t5-/m1/s1. The first-order valence-electron chi connectivity index (χ1n) is 3.96. The summed E-state index contributed by atoms with van der Waals surface area (Å²) in [5, 5.41) is 2.65. The quantitative estimate of drug-likeness (QED) is 0.856. The second-order valence-corrected chi connectivity index (χ2v) is 3.87. The van der Waals surface area contributed by atoms with E-state index in [9.17, 15) is 4.79 Å². The highest BCUT2D eigenvalue weighted by atomic mass is 79.9. The van der Waals surface area contributed by atoms with E-state index in [4.69, 9.17) is 11.6 Å². The topological polar surface area (TPSA) is 54.9 Å². The van der Waals surface area contributed by atoms with Crippen LogP contribution in [-0.4, -0.2) is 21.8 Å². The molecular weight excluding hydrogens is 269 g/mol. The molecule has 0 fully saturated rings. The minimum atomic E-state index is -0.231. The van der Waals surface area contributed by atoms with E-state index in [1.54, 1.807) is 19.3 Å². The van der Waals surface area contributed by atoms with E-state index >= 15 is 0 Å². The van der Waals surface area contributed by atoms with E-state index < -0.39 is 0 Å². The van der Waals surface area contributed by atoms with Crippen LogP contribution < -0.4 is 5.32 Å². The van der Waals surface area contributed by atoms with Gasteiger partial charge in [-0.2, -0.15) is 0 Å². The van der Waals surface area contributed by atoms with Crippen LogP contribution >= 0.6 is 27.5 Å². The minimum Gasteiger partial charge on any atom is -0.345 e. The maximum atomic E-state index is 11.0. The molecule has 0 unspecified atom stereocenters. The van der Waals surface area contributed by atoms with Gasteiger partial charge in [0.2, 0.25) is 5.91 Å². The van der Waals surface area contributed by atoms with Crippen LogP contribution in [0.15, 0.2) is 16.9 Å². The summed E-state index contributed by atoms with van der Waals surface area (Å²) in [6, 6.07) is -0.227. The van der Waals surface area contributed by atoms with E-state index in [0.29, 0.717) is 5.82 Å². The number of nitrogens with one attached hydrogen (secondary N) is 1.